The maximum atomic E-state index is 12.0. The number of benzene rings is 2. The van der Waals surface area contributed by atoms with Gasteiger partial charge in [-0.05, 0) is 30.3 Å². The van der Waals surface area contributed by atoms with Crippen molar-refractivity contribution < 1.29 is 27.7 Å². The maximum absolute atomic E-state index is 12.0. The van der Waals surface area contributed by atoms with Crippen LogP contribution < -0.4 is 15.4 Å². The van der Waals surface area contributed by atoms with Crippen LogP contribution in [-0.2, 0) is 19.4 Å². The highest BCUT2D eigenvalue weighted by Gasteiger charge is 2.20. The average molecular weight is 407 g/mol. The zero-order valence-corrected chi connectivity index (χ0v) is 15.8. The Hall–Kier alpha value is -3.47. The van der Waals surface area contributed by atoms with E-state index in [1.807, 2.05) is 0 Å². The summed E-state index contributed by atoms with van der Waals surface area (Å²) in [6, 6.07) is 9.54. The van der Waals surface area contributed by atoms with Crippen molar-refractivity contribution in [3.05, 3.63) is 52.6 Å². The van der Waals surface area contributed by atoms with Crippen molar-refractivity contribution in [1.82, 2.24) is 0 Å². The Kier molecular flexibility index (Phi) is 6.31. The number of sulfone groups is 1. The Balaban J connectivity index is 2.08. The number of ether oxygens (including phenoxy) is 1. The fraction of sp³-hybridized carbons (Fsp3) is 0.176. The van der Waals surface area contributed by atoms with Crippen molar-refractivity contribution in [2.24, 2.45) is 0 Å². The Labute approximate surface area is 160 Å². The van der Waals surface area contributed by atoms with Crippen molar-refractivity contribution in [2.45, 2.75) is 11.8 Å². The molecule has 2 N–H and O–H groups in total. The Bertz CT molecular complexity index is 1030. The van der Waals surface area contributed by atoms with Gasteiger partial charge < -0.3 is 15.4 Å². The largest absolute Gasteiger partial charge is 0.477 e. The molecule has 0 saturated heterocycles. The van der Waals surface area contributed by atoms with E-state index in [0.717, 1.165) is 24.5 Å². The van der Waals surface area contributed by atoms with Crippen LogP contribution in [0.4, 0.5) is 17.1 Å². The molecule has 0 aliphatic carbocycles. The molecule has 2 amide bonds. The number of nitro groups is 1. The number of nitro benzene ring substituents is 1. The number of amides is 2. The molecule has 0 aromatic heterocycles. The van der Waals surface area contributed by atoms with Crippen LogP contribution in [0.25, 0.3) is 0 Å². The number of hydrogen-bond donors (Lipinski definition) is 2. The van der Waals surface area contributed by atoms with Gasteiger partial charge in [0, 0.05) is 30.6 Å². The summed E-state index contributed by atoms with van der Waals surface area (Å²) in [4.78, 5) is 33.2. The number of anilines is 2. The third kappa shape index (κ3) is 5.77. The molecule has 0 heterocycles. The summed E-state index contributed by atoms with van der Waals surface area (Å²) in [6.07, 6.45) is 0.926. The van der Waals surface area contributed by atoms with Crippen molar-refractivity contribution in [3.63, 3.8) is 0 Å². The predicted octanol–water partition coefficient (Wildman–Crippen LogP) is 1.97. The summed E-state index contributed by atoms with van der Waals surface area (Å²) in [7, 11) is -3.63. The predicted molar refractivity (Wildman–Crippen MR) is 101 cm³/mol. The zero-order chi connectivity index (χ0) is 20.9. The van der Waals surface area contributed by atoms with Crippen LogP contribution in [0.1, 0.15) is 6.92 Å². The summed E-state index contributed by atoms with van der Waals surface area (Å²) >= 11 is 0. The zero-order valence-electron chi connectivity index (χ0n) is 15.0. The number of carbonyl (C=O) groups excluding carboxylic acids is 2. The average Bonchev–Trinajstić information content (AvgIpc) is 2.58. The molecule has 0 spiro atoms. The first kappa shape index (κ1) is 20.8. The third-order valence-electron chi connectivity index (χ3n) is 3.38. The first-order valence-corrected chi connectivity index (χ1v) is 9.74. The molecule has 0 bridgehead atoms. The third-order valence-corrected chi connectivity index (χ3v) is 4.49. The van der Waals surface area contributed by atoms with Gasteiger partial charge in [0.1, 0.15) is 0 Å². The number of nitrogens with one attached hydrogen (secondary N) is 2. The molecule has 0 atom stereocenters. The van der Waals surface area contributed by atoms with Crippen molar-refractivity contribution in [3.8, 4) is 5.75 Å². The minimum Gasteiger partial charge on any atom is -0.477 e. The molecule has 2 rings (SSSR count). The topological polar surface area (TPSA) is 145 Å². The van der Waals surface area contributed by atoms with E-state index in [-0.39, 0.29) is 16.6 Å². The molecule has 0 fully saturated rings. The minimum atomic E-state index is -3.63. The number of carbonyl (C=O) groups is 2. The lowest BCUT2D eigenvalue weighted by Crippen LogP contribution is -2.20. The Morgan fingerprint density at radius 2 is 1.75 bits per heavy atom. The van der Waals surface area contributed by atoms with Crippen LogP contribution in [0.3, 0.4) is 0 Å². The molecule has 28 heavy (non-hydrogen) atoms. The SMILES string of the molecule is CC(=O)Nc1cccc(NC(=O)COc2ccc(S(C)(=O)=O)cc2[N+](=O)[O-])c1. The fourth-order valence-corrected chi connectivity index (χ4v) is 2.85. The van der Waals surface area contributed by atoms with E-state index < -0.39 is 33.0 Å². The molecule has 0 aliphatic heterocycles. The molecule has 10 nitrogen and oxygen atoms in total. The van der Waals surface area contributed by atoms with Gasteiger partial charge in [0.2, 0.25) is 5.91 Å². The summed E-state index contributed by atoms with van der Waals surface area (Å²) < 4.78 is 28.2. The van der Waals surface area contributed by atoms with E-state index in [1.165, 1.54) is 13.0 Å². The van der Waals surface area contributed by atoms with Crippen LogP contribution in [0.5, 0.6) is 5.75 Å². The molecule has 0 saturated carbocycles. The second-order valence-electron chi connectivity index (χ2n) is 5.76. The van der Waals surface area contributed by atoms with E-state index in [1.54, 1.807) is 18.2 Å². The van der Waals surface area contributed by atoms with Crippen LogP contribution in [0.2, 0.25) is 0 Å². The van der Waals surface area contributed by atoms with Crippen LogP contribution in [0, 0.1) is 10.1 Å². The molecule has 148 valence electrons. The van der Waals surface area contributed by atoms with Gasteiger partial charge in [0.25, 0.3) is 5.91 Å². The lowest BCUT2D eigenvalue weighted by Gasteiger charge is -2.10. The molecule has 0 aliphatic rings. The highest BCUT2D eigenvalue weighted by molar-refractivity contribution is 7.90. The second-order valence-corrected chi connectivity index (χ2v) is 7.77. The van der Waals surface area contributed by atoms with E-state index in [9.17, 15) is 28.1 Å². The number of nitrogens with zero attached hydrogens (tertiary/aromatic N) is 1. The molecule has 0 radical (unpaired) electrons. The number of rotatable bonds is 7. The van der Waals surface area contributed by atoms with Gasteiger partial charge in [-0.3, -0.25) is 19.7 Å². The van der Waals surface area contributed by atoms with Gasteiger partial charge in [0.15, 0.2) is 22.2 Å². The first-order chi connectivity index (χ1) is 13.1. The van der Waals surface area contributed by atoms with Gasteiger partial charge >= 0.3 is 5.69 Å². The second kappa shape index (κ2) is 8.48. The van der Waals surface area contributed by atoms with Gasteiger partial charge in [-0.2, -0.15) is 0 Å². The Morgan fingerprint density at radius 1 is 1.11 bits per heavy atom. The lowest BCUT2D eigenvalue weighted by atomic mass is 10.2. The summed E-state index contributed by atoms with van der Waals surface area (Å²) in [5.41, 5.74) is 0.309. The monoisotopic (exact) mass is 407 g/mol. The van der Waals surface area contributed by atoms with Crippen LogP contribution in [0.15, 0.2) is 47.4 Å². The van der Waals surface area contributed by atoms with Gasteiger partial charge in [-0.15, -0.1) is 0 Å². The van der Waals surface area contributed by atoms with Crippen molar-refractivity contribution >= 4 is 38.7 Å². The van der Waals surface area contributed by atoms with E-state index in [0.29, 0.717) is 11.4 Å². The van der Waals surface area contributed by atoms with Gasteiger partial charge in [-0.1, -0.05) is 6.07 Å². The Morgan fingerprint density at radius 3 is 2.32 bits per heavy atom. The minimum absolute atomic E-state index is 0.231. The normalized spacial score (nSPS) is 10.8. The molecule has 0 unspecified atom stereocenters. The summed E-state index contributed by atoms with van der Waals surface area (Å²) in [5.74, 6) is -1.10. The van der Waals surface area contributed by atoms with E-state index in [2.05, 4.69) is 10.6 Å². The molecular formula is C17H17N3O7S. The van der Waals surface area contributed by atoms with E-state index >= 15 is 0 Å². The van der Waals surface area contributed by atoms with Gasteiger partial charge in [0.05, 0.1) is 9.82 Å². The van der Waals surface area contributed by atoms with Crippen molar-refractivity contribution in [2.75, 3.05) is 23.5 Å². The highest BCUT2D eigenvalue weighted by Crippen LogP contribution is 2.29. The van der Waals surface area contributed by atoms with Crippen LogP contribution >= 0.6 is 0 Å². The standard InChI is InChI=1S/C17H17N3O7S/c1-11(21)18-12-4-3-5-13(8-12)19-17(22)10-27-16-7-6-14(28(2,25)26)9-15(16)20(23)24/h3-9H,10H2,1-2H3,(H,18,21)(H,19,22). The summed E-state index contributed by atoms with van der Waals surface area (Å²) in [6.45, 7) is 0.810. The van der Waals surface area contributed by atoms with E-state index in [4.69, 9.17) is 4.74 Å². The molecular weight excluding hydrogens is 390 g/mol. The quantitative estimate of drug-likeness (QED) is 0.527. The highest BCUT2D eigenvalue weighted by atomic mass is 32.2. The summed E-state index contributed by atoms with van der Waals surface area (Å²) in [5, 5.41) is 16.3. The van der Waals surface area contributed by atoms with Gasteiger partial charge in [-0.25, -0.2) is 8.42 Å². The molecule has 2 aromatic carbocycles. The van der Waals surface area contributed by atoms with Crippen molar-refractivity contribution in [1.29, 1.82) is 0 Å². The van der Waals surface area contributed by atoms with Crippen LogP contribution in [-0.4, -0.2) is 38.0 Å². The number of hydrogen-bond acceptors (Lipinski definition) is 7. The fourth-order valence-electron chi connectivity index (χ4n) is 2.21. The molecule has 11 heteroatoms. The first-order valence-electron chi connectivity index (χ1n) is 7.85. The maximum Gasteiger partial charge on any atom is 0.312 e. The lowest BCUT2D eigenvalue weighted by molar-refractivity contribution is -0.386. The smallest absolute Gasteiger partial charge is 0.312 e. The molecule has 2 aromatic rings.